The summed E-state index contributed by atoms with van der Waals surface area (Å²) in [7, 11) is 0. The highest BCUT2D eigenvalue weighted by molar-refractivity contribution is 5.94. The Morgan fingerprint density at radius 1 is 1.03 bits per heavy atom. The van der Waals surface area contributed by atoms with Gasteiger partial charge in [-0.25, -0.2) is 14.4 Å². The molecule has 10 heteroatoms. The van der Waals surface area contributed by atoms with Gasteiger partial charge in [-0.2, -0.15) is 4.90 Å². The minimum absolute atomic E-state index is 0.0148. The lowest BCUT2D eigenvalue weighted by atomic mass is 10.1. The second-order valence-corrected chi connectivity index (χ2v) is 11.7. The zero-order chi connectivity index (χ0) is 28.8. The predicted octanol–water partition coefficient (Wildman–Crippen LogP) is 4.80. The fourth-order valence-corrected chi connectivity index (χ4v) is 3.18. The number of nitrogens with zero attached hydrogens (tertiary/aromatic N) is 1. The molecule has 1 rings (SSSR count). The average Bonchev–Trinajstić information content (AvgIpc) is 2.74. The highest BCUT2D eigenvalue weighted by Crippen LogP contribution is 2.25. The number of esters is 1. The van der Waals surface area contributed by atoms with E-state index in [4.69, 9.17) is 28.4 Å². The predicted molar refractivity (Wildman–Crippen MR) is 138 cm³/mol. The summed E-state index contributed by atoms with van der Waals surface area (Å²) in [4.78, 5) is 40.2. The zero-order valence-corrected chi connectivity index (χ0v) is 24.0. The van der Waals surface area contributed by atoms with E-state index >= 15 is 0 Å². The number of imide groups is 1. The molecule has 0 aliphatic carbocycles. The van der Waals surface area contributed by atoms with Gasteiger partial charge in [-0.1, -0.05) is 18.2 Å². The van der Waals surface area contributed by atoms with Crippen LogP contribution < -0.4 is 0 Å². The molecule has 4 atom stereocenters. The topological polar surface area (TPSA) is 110 Å². The highest BCUT2D eigenvalue weighted by atomic mass is 16.6. The van der Waals surface area contributed by atoms with Gasteiger partial charge in [0.15, 0.2) is 6.04 Å². The molecule has 1 aliphatic heterocycles. The molecule has 1 saturated heterocycles. The van der Waals surface area contributed by atoms with Crippen LogP contribution in [0.2, 0.25) is 0 Å². The molecule has 0 saturated carbocycles. The van der Waals surface area contributed by atoms with Crippen molar-refractivity contribution >= 4 is 18.2 Å². The normalized spacial score (nSPS) is 23.6. The van der Waals surface area contributed by atoms with Crippen LogP contribution in [0.25, 0.3) is 0 Å². The average molecular weight is 528 g/mol. The molecule has 10 nitrogen and oxygen atoms in total. The Kier molecular flexibility index (Phi) is 11.4. The maximum Gasteiger partial charge on any atom is 0.420 e. The van der Waals surface area contributed by atoms with Gasteiger partial charge in [-0.15, -0.1) is 6.58 Å². The van der Waals surface area contributed by atoms with E-state index in [2.05, 4.69) is 13.2 Å². The summed E-state index contributed by atoms with van der Waals surface area (Å²) in [5, 5.41) is 0. The van der Waals surface area contributed by atoms with E-state index in [0.29, 0.717) is 4.90 Å². The first-order chi connectivity index (χ1) is 16.8. The number of cyclic esters (lactones) is 1. The van der Waals surface area contributed by atoms with Crippen molar-refractivity contribution in [3.8, 4) is 0 Å². The van der Waals surface area contributed by atoms with Crippen molar-refractivity contribution in [1.29, 1.82) is 0 Å². The van der Waals surface area contributed by atoms with Gasteiger partial charge in [0.1, 0.15) is 29.5 Å². The van der Waals surface area contributed by atoms with Gasteiger partial charge in [-0.3, -0.25) is 0 Å². The number of hydrogen-bond acceptors (Lipinski definition) is 9. The maximum absolute atomic E-state index is 13.4. The smallest absolute Gasteiger partial charge is 0.420 e. The lowest BCUT2D eigenvalue weighted by molar-refractivity contribution is -0.183. The van der Waals surface area contributed by atoms with Crippen molar-refractivity contribution in [3.63, 3.8) is 0 Å². The summed E-state index contributed by atoms with van der Waals surface area (Å²) in [6.07, 6.45) is -2.75. The molecular formula is C27H45NO9. The van der Waals surface area contributed by atoms with Crippen LogP contribution in [-0.2, 0) is 33.2 Å². The number of hydrogen-bond donors (Lipinski definition) is 0. The molecule has 0 unspecified atom stereocenters. The number of amides is 2. The van der Waals surface area contributed by atoms with Crippen LogP contribution in [0.4, 0.5) is 9.59 Å². The van der Waals surface area contributed by atoms with Gasteiger partial charge >= 0.3 is 18.2 Å². The van der Waals surface area contributed by atoms with Gasteiger partial charge in [0.2, 0.25) is 0 Å². The van der Waals surface area contributed by atoms with E-state index in [9.17, 15) is 14.4 Å². The molecular weight excluding hydrogens is 482 g/mol. The van der Waals surface area contributed by atoms with Crippen molar-refractivity contribution in [2.45, 2.75) is 110 Å². The lowest BCUT2D eigenvalue weighted by Crippen LogP contribution is -2.54. The van der Waals surface area contributed by atoms with E-state index in [0.717, 1.165) is 5.57 Å². The van der Waals surface area contributed by atoms with Crippen LogP contribution in [0.1, 0.15) is 69.2 Å². The minimum atomic E-state index is -1.47. The van der Waals surface area contributed by atoms with E-state index < -0.39 is 59.3 Å². The summed E-state index contributed by atoms with van der Waals surface area (Å²) in [5.74, 6) is -0.880. The Balaban J connectivity index is 3.41. The maximum atomic E-state index is 13.4. The van der Waals surface area contributed by atoms with E-state index in [1.165, 1.54) is 0 Å². The van der Waals surface area contributed by atoms with Crippen molar-refractivity contribution < 1.29 is 42.8 Å². The summed E-state index contributed by atoms with van der Waals surface area (Å²) < 4.78 is 34.6. The number of carbonyl (C=O) groups excluding carboxylic acids is 3. The molecule has 0 N–H and O–H groups in total. The fraction of sp³-hybridized carbons (Fsp3) is 0.741. The summed E-state index contributed by atoms with van der Waals surface area (Å²) >= 11 is 0. The van der Waals surface area contributed by atoms with E-state index in [-0.39, 0.29) is 19.8 Å². The van der Waals surface area contributed by atoms with Gasteiger partial charge in [0.05, 0.1) is 25.4 Å². The SMILES string of the molecule is C=CC(C)(C)O[C@H]1[C@H](C)OC(=O)[C@@H](N(C(=O)OC(C)(C)C)C(=O)OC(C)(C)C)COC[C@@H]1OCC(=C)C. The molecule has 0 aromatic carbocycles. The molecule has 2 amide bonds. The molecule has 0 radical (unpaired) electrons. The Bertz CT molecular complexity index is 810. The van der Waals surface area contributed by atoms with Gasteiger partial charge in [0.25, 0.3) is 0 Å². The minimum Gasteiger partial charge on any atom is -0.458 e. The molecule has 1 heterocycles. The summed E-state index contributed by atoms with van der Waals surface area (Å²) in [6.45, 7) is 24.5. The van der Waals surface area contributed by atoms with Crippen molar-refractivity contribution in [3.05, 3.63) is 24.8 Å². The number of ether oxygens (including phenoxy) is 6. The second kappa shape index (κ2) is 12.9. The molecule has 212 valence electrons. The van der Waals surface area contributed by atoms with E-state index in [1.54, 1.807) is 54.5 Å². The Morgan fingerprint density at radius 3 is 1.97 bits per heavy atom. The second-order valence-electron chi connectivity index (χ2n) is 11.7. The summed E-state index contributed by atoms with van der Waals surface area (Å²) in [6, 6.07) is -1.47. The van der Waals surface area contributed by atoms with Crippen LogP contribution in [-0.4, -0.2) is 84.0 Å². The van der Waals surface area contributed by atoms with Crippen LogP contribution in [0, 0.1) is 0 Å². The van der Waals surface area contributed by atoms with Crippen molar-refractivity contribution in [2.24, 2.45) is 0 Å². The summed E-state index contributed by atoms with van der Waals surface area (Å²) in [5.41, 5.74) is -1.87. The Labute approximate surface area is 221 Å². The Hall–Kier alpha value is -2.43. The third-order valence-corrected chi connectivity index (χ3v) is 4.93. The third kappa shape index (κ3) is 11.2. The van der Waals surface area contributed by atoms with E-state index in [1.807, 2.05) is 20.8 Å². The van der Waals surface area contributed by atoms with Gasteiger partial charge in [-0.05, 0) is 69.2 Å². The molecule has 1 aliphatic rings. The molecule has 37 heavy (non-hydrogen) atoms. The van der Waals surface area contributed by atoms with Crippen LogP contribution in [0.15, 0.2) is 24.8 Å². The molecule has 1 fully saturated rings. The van der Waals surface area contributed by atoms with Gasteiger partial charge < -0.3 is 28.4 Å². The monoisotopic (exact) mass is 527 g/mol. The molecule has 0 bridgehead atoms. The molecule has 0 spiro atoms. The first kappa shape index (κ1) is 32.6. The number of carbonyl (C=O) groups is 3. The van der Waals surface area contributed by atoms with Crippen molar-refractivity contribution in [1.82, 2.24) is 4.90 Å². The third-order valence-electron chi connectivity index (χ3n) is 4.93. The van der Waals surface area contributed by atoms with Crippen LogP contribution in [0.3, 0.4) is 0 Å². The first-order valence-electron chi connectivity index (χ1n) is 12.4. The van der Waals surface area contributed by atoms with Gasteiger partial charge in [0, 0.05) is 0 Å². The quantitative estimate of drug-likeness (QED) is 0.262. The largest absolute Gasteiger partial charge is 0.458 e. The standard InChI is InChI=1S/C27H45NO9/c1-13-27(11,12)35-21-18(4)34-22(29)19(15-32-16-20(21)33-14-17(2)3)28(23(30)36-25(5,6)7)24(31)37-26(8,9)10/h13,18-21H,1-2,14-16H2,3-12H3/t18-,19-,20-,21-/m0/s1. The lowest BCUT2D eigenvalue weighted by Gasteiger charge is -2.36. The zero-order valence-electron chi connectivity index (χ0n) is 24.0. The highest BCUT2D eigenvalue weighted by Gasteiger charge is 2.45. The first-order valence-corrected chi connectivity index (χ1v) is 12.4. The van der Waals surface area contributed by atoms with Crippen LogP contribution in [0.5, 0.6) is 0 Å². The van der Waals surface area contributed by atoms with Crippen molar-refractivity contribution in [2.75, 3.05) is 19.8 Å². The molecule has 0 aromatic rings. The fourth-order valence-electron chi connectivity index (χ4n) is 3.18. The molecule has 0 aromatic heterocycles. The Morgan fingerprint density at radius 2 is 1.54 bits per heavy atom. The number of rotatable bonds is 7. The van der Waals surface area contributed by atoms with Crippen LogP contribution >= 0.6 is 0 Å².